The van der Waals surface area contributed by atoms with Gasteiger partial charge in [-0.2, -0.15) is 0 Å². The van der Waals surface area contributed by atoms with Gasteiger partial charge >= 0.3 is 5.97 Å². The summed E-state index contributed by atoms with van der Waals surface area (Å²) in [7, 11) is 0. The molecule has 0 saturated heterocycles. The molecular weight excluding hydrogens is 433 g/mol. The molecule has 0 atom stereocenters. The summed E-state index contributed by atoms with van der Waals surface area (Å²) < 4.78 is 56.9. The van der Waals surface area contributed by atoms with E-state index in [1.807, 2.05) is 0 Å². The van der Waals surface area contributed by atoms with Crippen LogP contribution in [0.1, 0.15) is 84.0 Å². The van der Waals surface area contributed by atoms with Crippen LogP contribution in [0.5, 0.6) is 5.75 Å². The number of rotatable bonds is 11. The van der Waals surface area contributed by atoms with E-state index in [0.717, 1.165) is 58.2 Å². The summed E-state index contributed by atoms with van der Waals surface area (Å²) in [5, 5.41) is 0. The van der Waals surface area contributed by atoms with E-state index in [2.05, 4.69) is 6.92 Å². The van der Waals surface area contributed by atoms with Crippen molar-refractivity contribution in [3.8, 4) is 5.75 Å². The Kier molecular flexibility index (Phi) is 10.5. The quantitative estimate of drug-likeness (QED) is 0.155. The second-order valence-corrected chi connectivity index (χ2v) is 9.50. The number of carbonyl (C=O) groups is 1. The van der Waals surface area contributed by atoms with Crippen molar-refractivity contribution in [3.63, 3.8) is 0 Å². The highest BCUT2D eigenvalue weighted by Gasteiger charge is 2.30. The standard InChI is InChI=1S/C26H37F3O4/c1-2-3-4-5-14-31-20-10-6-18(7-11-20)17-32-21-12-8-19(9-13-21)26(30)33-22-15-23(27)25(29)24(28)16-22/h15-16,18-21H,2-14,17H2,1H3. The van der Waals surface area contributed by atoms with E-state index in [4.69, 9.17) is 14.2 Å². The average Bonchev–Trinajstić information content (AvgIpc) is 2.82. The maximum absolute atomic E-state index is 13.3. The second-order valence-electron chi connectivity index (χ2n) is 9.50. The molecule has 0 aliphatic heterocycles. The molecule has 186 valence electrons. The fourth-order valence-electron chi connectivity index (χ4n) is 4.77. The average molecular weight is 471 g/mol. The van der Waals surface area contributed by atoms with Crippen LogP contribution in [0.3, 0.4) is 0 Å². The second kappa shape index (κ2) is 13.3. The summed E-state index contributed by atoms with van der Waals surface area (Å²) in [5.74, 6) is -4.94. The molecule has 2 saturated carbocycles. The summed E-state index contributed by atoms with van der Waals surface area (Å²) in [6.45, 7) is 3.84. The molecule has 0 bridgehead atoms. The molecule has 0 unspecified atom stereocenters. The Morgan fingerprint density at radius 1 is 0.848 bits per heavy atom. The van der Waals surface area contributed by atoms with Crippen molar-refractivity contribution < 1.29 is 32.2 Å². The minimum Gasteiger partial charge on any atom is -0.426 e. The molecule has 2 aliphatic carbocycles. The van der Waals surface area contributed by atoms with Crippen molar-refractivity contribution in [1.82, 2.24) is 0 Å². The molecule has 1 aromatic rings. The largest absolute Gasteiger partial charge is 0.426 e. The van der Waals surface area contributed by atoms with Crippen LogP contribution in [-0.2, 0) is 14.3 Å². The third-order valence-electron chi connectivity index (χ3n) is 6.90. The molecule has 0 heterocycles. The number of esters is 1. The van der Waals surface area contributed by atoms with E-state index in [0.29, 0.717) is 37.0 Å². The van der Waals surface area contributed by atoms with Crippen molar-refractivity contribution in [2.24, 2.45) is 11.8 Å². The van der Waals surface area contributed by atoms with Crippen molar-refractivity contribution in [1.29, 1.82) is 0 Å². The van der Waals surface area contributed by atoms with E-state index in [-0.39, 0.29) is 17.8 Å². The molecule has 3 rings (SSSR count). The minimum atomic E-state index is -1.57. The zero-order valence-corrected chi connectivity index (χ0v) is 19.6. The van der Waals surface area contributed by atoms with Crippen molar-refractivity contribution in [2.75, 3.05) is 13.2 Å². The first-order valence-electron chi connectivity index (χ1n) is 12.6. The van der Waals surface area contributed by atoms with E-state index in [1.54, 1.807) is 0 Å². The fraction of sp³-hybridized carbons (Fsp3) is 0.731. The van der Waals surface area contributed by atoms with E-state index >= 15 is 0 Å². The lowest BCUT2D eigenvalue weighted by atomic mass is 9.86. The van der Waals surface area contributed by atoms with Crippen LogP contribution < -0.4 is 4.74 Å². The molecule has 0 N–H and O–H groups in total. The molecule has 0 radical (unpaired) electrons. The zero-order valence-electron chi connectivity index (χ0n) is 19.6. The summed E-state index contributed by atoms with van der Waals surface area (Å²) in [5.41, 5.74) is 0. The van der Waals surface area contributed by atoms with Gasteiger partial charge < -0.3 is 14.2 Å². The van der Waals surface area contributed by atoms with E-state index in [9.17, 15) is 18.0 Å². The Balaban J connectivity index is 1.29. The predicted molar refractivity (Wildman–Crippen MR) is 119 cm³/mol. The summed E-state index contributed by atoms with van der Waals surface area (Å²) in [6, 6.07) is 1.38. The van der Waals surface area contributed by atoms with Crippen LogP contribution in [0.25, 0.3) is 0 Å². The smallest absolute Gasteiger partial charge is 0.314 e. The van der Waals surface area contributed by atoms with Gasteiger partial charge in [0.05, 0.1) is 18.1 Å². The van der Waals surface area contributed by atoms with Gasteiger partial charge in [-0.25, -0.2) is 13.2 Å². The number of carbonyl (C=O) groups excluding carboxylic acids is 1. The highest BCUT2D eigenvalue weighted by molar-refractivity contribution is 5.75. The number of unbranched alkanes of at least 4 members (excludes halogenated alkanes) is 3. The van der Waals surface area contributed by atoms with Crippen LogP contribution in [0.4, 0.5) is 13.2 Å². The van der Waals surface area contributed by atoms with Crippen LogP contribution in [0, 0.1) is 29.3 Å². The first-order chi connectivity index (χ1) is 16.0. The van der Waals surface area contributed by atoms with Crippen molar-refractivity contribution >= 4 is 5.97 Å². The number of hydrogen-bond acceptors (Lipinski definition) is 4. The fourth-order valence-corrected chi connectivity index (χ4v) is 4.77. The Morgan fingerprint density at radius 2 is 1.45 bits per heavy atom. The van der Waals surface area contributed by atoms with Gasteiger partial charge in [-0.3, -0.25) is 4.79 Å². The van der Waals surface area contributed by atoms with Gasteiger partial charge in [0.1, 0.15) is 5.75 Å². The lowest BCUT2D eigenvalue weighted by molar-refractivity contribution is -0.141. The van der Waals surface area contributed by atoms with Gasteiger partial charge in [0, 0.05) is 25.3 Å². The van der Waals surface area contributed by atoms with E-state index < -0.39 is 23.4 Å². The molecular formula is C26H37F3O4. The van der Waals surface area contributed by atoms with Gasteiger partial charge in [0.15, 0.2) is 17.5 Å². The normalized spacial score (nSPS) is 25.7. The molecule has 33 heavy (non-hydrogen) atoms. The lowest BCUT2D eigenvalue weighted by Crippen LogP contribution is -2.31. The van der Waals surface area contributed by atoms with Gasteiger partial charge in [0.2, 0.25) is 0 Å². The highest BCUT2D eigenvalue weighted by Crippen LogP contribution is 2.31. The van der Waals surface area contributed by atoms with Crippen molar-refractivity contribution in [2.45, 2.75) is 96.2 Å². The minimum absolute atomic E-state index is 0.127. The van der Waals surface area contributed by atoms with Crippen LogP contribution in [-0.4, -0.2) is 31.4 Å². The zero-order chi connectivity index (χ0) is 23.6. The number of hydrogen-bond donors (Lipinski definition) is 0. The summed E-state index contributed by atoms with van der Waals surface area (Å²) >= 11 is 0. The Bertz CT molecular complexity index is 718. The molecule has 7 heteroatoms. The molecule has 1 aromatic carbocycles. The SMILES string of the molecule is CCCCCCOC1CCC(COC2CCC(C(=O)Oc3cc(F)c(F)c(F)c3)CC2)CC1. The number of benzene rings is 1. The number of halogens is 3. The van der Waals surface area contributed by atoms with Crippen molar-refractivity contribution in [3.05, 3.63) is 29.6 Å². The Hall–Kier alpha value is -1.60. The first kappa shape index (κ1) is 26.0. The Labute approximate surface area is 195 Å². The lowest BCUT2D eigenvalue weighted by Gasteiger charge is -2.31. The van der Waals surface area contributed by atoms with Crippen LogP contribution >= 0.6 is 0 Å². The van der Waals surface area contributed by atoms with Gasteiger partial charge in [-0.05, 0) is 63.7 Å². The molecule has 0 amide bonds. The highest BCUT2D eigenvalue weighted by atomic mass is 19.2. The third-order valence-corrected chi connectivity index (χ3v) is 6.90. The maximum atomic E-state index is 13.3. The monoisotopic (exact) mass is 470 g/mol. The van der Waals surface area contributed by atoms with Gasteiger partial charge in [0.25, 0.3) is 0 Å². The summed E-state index contributed by atoms with van der Waals surface area (Å²) in [4.78, 5) is 12.3. The first-order valence-corrected chi connectivity index (χ1v) is 12.6. The number of ether oxygens (including phenoxy) is 3. The molecule has 2 aliphatic rings. The van der Waals surface area contributed by atoms with Gasteiger partial charge in [-0.15, -0.1) is 0 Å². The Morgan fingerprint density at radius 3 is 2.09 bits per heavy atom. The maximum Gasteiger partial charge on any atom is 0.314 e. The summed E-state index contributed by atoms with van der Waals surface area (Å²) in [6.07, 6.45) is 12.6. The van der Waals surface area contributed by atoms with Gasteiger partial charge in [-0.1, -0.05) is 26.2 Å². The topological polar surface area (TPSA) is 44.8 Å². The van der Waals surface area contributed by atoms with Crippen LogP contribution in [0.2, 0.25) is 0 Å². The molecule has 0 aromatic heterocycles. The predicted octanol–water partition coefficient (Wildman–Crippen LogP) is 6.74. The molecule has 4 nitrogen and oxygen atoms in total. The molecule has 2 fully saturated rings. The van der Waals surface area contributed by atoms with Crippen LogP contribution in [0.15, 0.2) is 12.1 Å². The van der Waals surface area contributed by atoms with E-state index in [1.165, 1.54) is 19.3 Å². The molecule has 0 spiro atoms. The third kappa shape index (κ3) is 8.29.